The summed E-state index contributed by atoms with van der Waals surface area (Å²) >= 11 is 0. The molecule has 1 aliphatic heterocycles. The van der Waals surface area contributed by atoms with Crippen molar-refractivity contribution < 1.29 is 39.8 Å². The lowest BCUT2D eigenvalue weighted by atomic mass is 9.99. The van der Waals surface area contributed by atoms with E-state index in [0.717, 1.165) is 70.6 Å². The van der Waals surface area contributed by atoms with Crippen molar-refractivity contribution in [1.29, 1.82) is 0 Å². The molecule has 1 fully saturated rings. The molecule has 0 aromatic heterocycles. The lowest BCUT2D eigenvalue weighted by molar-refractivity contribution is -0.302. The Kier molecular flexibility index (Phi) is 57.5. The Labute approximate surface area is 499 Å². The van der Waals surface area contributed by atoms with E-state index in [1.807, 2.05) is 6.08 Å². The monoisotopic (exact) mass is 1140 g/mol. The second-order valence-electron chi connectivity index (χ2n) is 23.9. The van der Waals surface area contributed by atoms with Gasteiger partial charge in [-0.1, -0.05) is 324 Å². The van der Waals surface area contributed by atoms with Gasteiger partial charge in [-0.2, -0.15) is 0 Å². The van der Waals surface area contributed by atoms with Crippen LogP contribution in [0.3, 0.4) is 0 Å². The summed E-state index contributed by atoms with van der Waals surface area (Å²) in [6.07, 6.45) is 78.6. The number of rotatable bonds is 60. The summed E-state index contributed by atoms with van der Waals surface area (Å²) in [5.41, 5.74) is 0. The second-order valence-corrected chi connectivity index (χ2v) is 23.9. The summed E-state index contributed by atoms with van der Waals surface area (Å²) in [7, 11) is 0. The number of ether oxygens (including phenoxy) is 2. The topological polar surface area (TPSA) is 149 Å². The lowest BCUT2D eigenvalue weighted by Crippen LogP contribution is -2.60. The molecule has 0 aliphatic carbocycles. The van der Waals surface area contributed by atoms with Crippen molar-refractivity contribution in [3.05, 3.63) is 72.9 Å². The molecule has 0 spiro atoms. The van der Waals surface area contributed by atoms with Gasteiger partial charge in [-0.3, -0.25) is 4.79 Å². The number of aliphatic hydroxyl groups excluding tert-OH is 5. The summed E-state index contributed by atoms with van der Waals surface area (Å²) in [4.78, 5) is 13.1. The second kappa shape index (κ2) is 60.7. The average Bonchev–Trinajstić information content (AvgIpc) is 3.49. The molecule has 9 heteroatoms. The summed E-state index contributed by atoms with van der Waals surface area (Å²) in [6, 6.07) is -0.806. The van der Waals surface area contributed by atoms with Gasteiger partial charge in [0.2, 0.25) is 5.91 Å². The Balaban J connectivity index is 2.09. The van der Waals surface area contributed by atoms with E-state index in [2.05, 4.69) is 79.9 Å². The van der Waals surface area contributed by atoms with Crippen LogP contribution in [0.1, 0.15) is 322 Å². The SMILES string of the molecule is CC/C=C\C/C=C\C/C=C\C/C=C\C/C=C\CCCCCCCCCCCCCCCCCCCCCCCC(=O)NC(COC1OC(CO)C(O)C(O)C1O)C(O)/C=C/CCCCCCCCCCCCCCCCCCCCC. The van der Waals surface area contributed by atoms with Crippen molar-refractivity contribution in [2.24, 2.45) is 0 Å². The summed E-state index contributed by atoms with van der Waals surface area (Å²) in [5.74, 6) is -0.172. The number of carbonyl (C=O) groups excluding carboxylic acids is 1. The molecule has 0 bridgehead atoms. The zero-order chi connectivity index (χ0) is 58.6. The Hall–Kier alpha value is -2.37. The molecule has 7 unspecified atom stereocenters. The van der Waals surface area contributed by atoms with E-state index in [1.165, 1.54) is 231 Å². The number of carbonyl (C=O) groups is 1. The van der Waals surface area contributed by atoms with Crippen molar-refractivity contribution >= 4 is 5.91 Å². The van der Waals surface area contributed by atoms with Crippen molar-refractivity contribution in [2.75, 3.05) is 13.2 Å². The average molecular weight is 1140 g/mol. The maximum absolute atomic E-state index is 13.1. The van der Waals surface area contributed by atoms with Gasteiger partial charge in [0.1, 0.15) is 24.4 Å². The zero-order valence-electron chi connectivity index (χ0n) is 52.8. The Morgan fingerprint density at radius 1 is 0.432 bits per heavy atom. The highest BCUT2D eigenvalue weighted by Crippen LogP contribution is 2.23. The molecule has 472 valence electrons. The molecule has 0 aromatic rings. The number of amides is 1. The first-order valence-corrected chi connectivity index (χ1v) is 34.7. The molecule has 81 heavy (non-hydrogen) atoms. The van der Waals surface area contributed by atoms with Gasteiger partial charge < -0.3 is 40.3 Å². The third kappa shape index (κ3) is 49.6. The molecule has 6 N–H and O–H groups in total. The molecular formula is C72H131NO8. The molecule has 0 aromatic carbocycles. The van der Waals surface area contributed by atoms with Gasteiger partial charge in [-0.25, -0.2) is 0 Å². The highest BCUT2D eigenvalue weighted by molar-refractivity contribution is 5.76. The third-order valence-corrected chi connectivity index (χ3v) is 16.3. The van der Waals surface area contributed by atoms with Gasteiger partial charge in [0, 0.05) is 6.42 Å². The van der Waals surface area contributed by atoms with Gasteiger partial charge in [-0.15, -0.1) is 0 Å². The van der Waals surface area contributed by atoms with Crippen LogP contribution in [0.25, 0.3) is 0 Å². The van der Waals surface area contributed by atoms with Crippen molar-refractivity contribution in [3.8, 4) is 0 Å². The van der Waals surface area contributed by atoms with Gasteiger partial charge in [0.15, 0.2) is 6.29 Å². The van der Waals surface area contributed by atoms with Crippen LogP contribution in [0, 0.1) is 0 Å². The largest absolute Gasteiger partial charge is 0.394 e. The summed E-state index contributed by atoms with van der Waals surface area (Å²) in [5, 5.41) is 54.7. The summed E-state index contributed by atoms with van der Waals surface area (Å²) in [6.45, 7) is 3.70. The van der Waals surface area contributed by atoms with E-state index in [0.29, 0.717) is 6.42 Å². The first-order valence-electron chi connectivity index (χ1n) is 34.7. The fourth-order valence-corrected chi connectivity index (χ4v) is 10.9. The van der Waals surface area contributed by atoms with E-state index in [4.69, 9.17) is 9.47 Å². The van der Waals surface area contributed by atoms with Crippen LogP contribution in [-0.4, -0.2) is 87.5 Å². The Morgan fingerprint density at radius 2 is 0.765 bits per heavy atom. The van der Waals surface area contributed by atoms with E-state index >= 15 is 0 Å². The van der Waals surface area contributed by atoms with Gasteiger partial charge >= 0.3 is 0 Å². The first-order chi connectivity index (χ1) is 39.8. The molecule has 1 rings (SSSR count). The smallest absolute Gasteiger partial charge is 0.220 e. The zero-order valence-corrected chi connectivity index (χ0v) is 52.8. The minimum Gasteiger partial charge on any atom is -0.394 e. The number of nitrogens with one attached hydrogen (secondary N) is 1. The predicted molar refractivity (Wildman–Crippen MR) is 345 cm³/mol. The lowest BCUT2D eigenvalue weighted by Gasteiger charge is -2.40. The highest BCUT2D eigenvalue weighted by Gasteiger charge is 2.44. The van der Waals surface area contributed by atoms with Crippen LogP contribution in [0.15, 0.2) is 72.9 Å². The van der Waals surface area contributed by atoms with Crippen LogP contribution in [0.4, 0.5) is 0 Å². The standard InChI is InChI=1S/C72H131NO8/c1-3-5-7-9-11-13-15-17-19-21-23-25-26-27-28-29-30-31-32-33-34-35-36-37-38-39-40-42-44-46-48-50-52-54-56-58-60-62-68(76)73-65(64-80-72-71(79)70(78)69(77)67(63-74)81-72)66(75)61-59-57-55-53-51-49-47-45-43-41-24-22-20-18-16-14-12-10-8-6-4-2/h5,7,11,13,17,19,23,25,27-28,59,61,65-67,69-72,74-75,77-79H,3-4,6,8-10,12,14-16,18,20-22,24,26,29-58,60,62-64H2,1-2H3,(H,73,76)/b7-5-,13-11-,19-17-,25-23-,28-27-,61-59+. The van der Waals surface area contributed by atoms with Crippen LogP contribution < -0.4 is 5.32 Å². The molecule has 1 amide bonds. The molecule has 1 aliphatic rings. The predicted octanol–water partition coefficient (Wildman–Crippen LogP) is 18.8. The molecule has 9 nitrogen and oxygen atoms in total. The van der Waals surface area contributed by atoms with Gasteiger partial charge in [-0.05, 0) is 64.2 Å². The van der Waals surface area contributed by atoms with Crippen LogP contribution in [0.5, 0.6) is 0 Å². The Morgan fingerprint density at radius 3 is 1.14 bits per heavy atom. The van der Waals surface area contributed by atoms with Crippen LogP contribution in [-0.2, 0) is 14.3 Å². The van der Waals surface area contributed by atoms with Crippen molar-refractivity contribution in [1.82, 2.24) is 5.32 Å². The van der Waals surface area contributed by atoms with Crippen molar-refractivity contribution in [3.63, 3.8) is 0 Å². The Bertz CT molecular complexity index is 1510. The molecule has 1 heterocycles. The third-order valence-electron chi connectivity index (χ3n) is 16.3. The van der Waals surface area contributed by atoms with Crippen LogP contribution >= 0.6 is 0 Å². The van der Waals surface area contributed by atoms with Gasteiger partial charge in [0.25, 0.3) is 0 Å². The molecule has 0 saturated carbocycles. The minimum absolute atomic E-state index is 0.172. The van der Waals surface area contributed by atoms with Gasteiger partial charge in [0.05, 0.1) is 25.4 Å². The number of hydrogen-bond acceptors (Lipinski definition) is 8. The number of allylic oxidation sites excluding steroid dienone is 11. The van der Waals surface area contributed by atoms with Crippen LogP contribution in [0.2, 0.25) is 0 Å². The van der Waals surface area contributed by atoms with E-state index in [9.17, 15) is 30.3 Å². The molecule has 7 atom stereocenters. The number of unbranched alkanes of at least 4 members (excludes halogenated alkanes) is 40. The van der Waals surface area contributed by atoms with E-state index in [1.54, 1.807) is 6.08 Å². The maximum Gasteiger partial charge on any atom is 0.220 e. The van der Waals surface area contributed by atoms with E-state index in [-0.39, 0.29) is 12.5 Å². The fraction of sp³-hybridized carbons (Fsp3) is 0.819. The quantitative estimate of drug-likeness (QED) is 0.0261. The first kappa shape index (κ1) is 76.6. The molecular weight excluding hydrogens is 1010 g/mol. The minimum atomic E-state index is -1.57. The number of aliphatic hydroxyl groups is 5. The normalized spacial score (nSPS) is 18.8. The van der Waals surface area contributed by atoms with E-state index < -0.39 is 49.5 Å². The van der Waals surface area contributed by atoms with Crippen molar-refractivity contribution in [2.45, 2.75) is 365 Å². The maximum atomic E-state index is 13.1. The number of hydrogen-bond donors (Lipinski definition) is 6. The highest BCUT2D eigenvalue weighted by atomic mass is 16.7. The summed E-state index contributed by atoms with van der Waals surface area (Å²) < 4.78 is 11.3. The molecule has 1 saturated heterocycles. The fourth-order valence-electron chi connectivity index (χ4n) is 10.9. The molecule has 0 radical (unpaired) electrons.